The second kappa shape index (κ2) is 7.69. The number of ether oxygens (including phenoxy) is 1. The summed E-state index contributed by atoms with van der Waals surface area (Å²) >= 11 is 6.09. The van der Waals surface area contributed by atoms with Crippen molar-refractivity contribution >= 4 is 22.5 Å². The van der Waals surface area contributed by atoms with Crippen LogP contribution in [0.25, 0.3) is 10.9 Å². The summed E-state index contributed by atoms with van der Waals surface area (Å²) < 4.78 is 7.90. The molecule has 3 rings (SSSR count). The second-order valence-electron chi connectivity index (χ2n) is 6.12. The molecule has 1 heterocycles. The minimum atomic E-state index is 0.663. The van der Waals surface area contributed by atoms with E-state index < -0.39 is 0 Å². The average Bonchev–Trinajstić information content (AvgIpc) is 2.90. The third-order valence-corrected chi connectivity index (χ3v) is 4.07. The van der Waals surface area contributed by atoms with E-state index in [9.17, 15) is 0 Å². The van der Waals surface area contributed by atoms with Gasteiger partial charge in [0.25, 0.3) is 0 Å². The Kier molecular flexibility index (Phi) is 5.38. The average molecular weight is 344 g/mol. The fraction of sp³-hybridized carbons (Fsp3) is 0.316. The van der Waals surface area contributed by atoms with E-state index in [4.69, 9.17) is 16.3 Å². The molecule has 0 saturated heterocycles. The van der Waals surface area contributed by atoms with Crippen LogP contribution in [0.3, 0.4) is 0 Å². The van der Waals surface area contributed by atoms with Gasteiger partial charge in [-0.2, -0.15) is 0 Å². The summed E-state index contributed by atoms with van der Waals surface area (Å²) in [6, 6.07) is 16.0. The van der Waals surface area contributed by atoms with Gasteiger partial charge in [-0.25, -0.2) is 0 Å². The van der Waals surface area contributed by atoms with Crippen molar-refractivity contribution in [3.63, 3.8) is 0 Å². The third-order valence-electron chi connectivity index (χ3n) is 3.83. The van der Waals surface area contributed by atoms with E-state index in [2.05, 4.69) is 42.3 Å². The Morgan fingerprint density at radius 3 is 2.75 bits per heavy atom. The second-order valence-corrected chi connectivity index (χ2v) is 6.55. The lowest BCUT2D eigenvalue weighted by Gasteiger charge is -2.09. The molecule has 24 heavy (non-hydrogen) atoms. The Balaban J connectivity index is 1.81. The van der Waals surface area contributed by atoms with Crippen molar-refractivity contribution in [2.75, 3.05) is 27.2 Å². The standard InChI is InChI=1S/C19H22ClN3O/c1-22(2)11-6-12-24-19-17-9-3-4-10-18(17)23(21-19)14-15-7-5-8-16(20)13-15/h3-5,7-10,13H,6,11-12,14H2,1-2H3. The van der Waals surface area contributed by atoms with Gasteiger partial charge < -0.3 is 9.64 Å². The Bertz CT molecular complexity index is 813. The van der Waals surface area contributed by atoms with Crippen LogP contribution >= 0.6 is 11.6 Å². The number of rotatable bonds is 7. The number of nitrogens with zero attached hydrogens (tertiary/aromatic N) is 3. The first-order chi connectivity index (χ1) is 11.6. The van der Waals surface area contributed by atoms with E-state index in [1.807, 2.05) is 35.0 Å². The van der Waals surface area contributed by atoms with E-state index in [1.54, 1.807) is 0 Å². The van der Waals surface area contributed by atoms with Gasteiger partial charge in [0.15, 0.2) is 0 Å². The van der Waals surface area contributed by atoms with Gasteiger partial charge in [0.2, 0.25) is 5.88 Å². The third kappa shape index (κ3) is 4.08. The zero-order chi connectivity index (χ0) is 16.9. The molecule has 126 valence electrons. The van der Waals surface area contributed by atoms with E-state index in [-0.39, 0.29) is 0 Å². The molecule has 0 aliphatic heterocycles. The molecule has 5 heteroatoms. The summed E-state index contributed by atoms with van der Waals surface area (Å²) in [5, 5.41) is 6.45. The predicted octanol–water partition coefficient (Wildman–Crippen LogP) is 4.07. The molecular formula is C19H22ClN3O. The maximum atomic E-state index is 6.09. The number of fused-ring (bicyclic) bond motifs is 1. The fourth-order valence-electron chi connectivity index (χ4n) is 2.68. The number of benzene rings is 2. The van der Waals surface area contributed by atoms with Crippen molar-refractivity contribution in [1.82, 2.24) is 14.7 Å². The lowest BCUT2D eigenvalue weighted by atomic mass is 10.2. The van der Waals surface area contributed by atoms with Crippen molar-refractivity contribution in [2.24, 2.45) is 0 Å². The number of halogens is 1. The lowest BCUT2D eigenvalue weighted by Crippen LogP contribution is -2.15. The van der Waals surface area contributed by atoms with Crippen molar-refractivity contribution < 1.29 is 4.74 Å². The summed E-state index contributed by atoms with van der Waals surface area (Å²) in [6.07, 6.45) is 0.975. The van der Waals surface area contributed by atoms with Crippen LogP contribution < -0.4 is 4.74 Å². The Morgan fingerprint density at radius 1 is 1.12 bits per heavy atom. The summed E-state index contributed by atoms with van der Waals surface area (Å²) in [5.41, 5.74) is 2.19. The van der Waals surface area contributed by atoms with Crippen LogP contribution in [0.1, 0.15) is 12.0 Å². The zero-order valence-electron chi connectivity index (χ0n) is 14.1. The van der Waals surface area contributed by atoms with E-state index in [0.29, 0.717) is 19.0 Å². The molecule has 4 nitrogen and oxygen atoms in total. The Hall–Kier alpha value is -2.04. The van der Waals surface area contributed by atoms with E-state index in [1.165, 1.54) is 0 Å². The normalized spacial score (nSPS) is 11.3. The zero-order valence-corrected chi connectivity index (χ0v) is 14.8. The van der Waals surface area contributed by atoms with Crippen LogP contribution in [0, 0.1) is 0 Å². The summed E-state index contributed by atoms with van der Waals surface area (Å²) in [4.78, 5) is 2.15. The highest BCUT2D eigenvalue weighted by molar-refractivity contribution is 6.30. The minimum absolute atomic E-state index is 0.663. The number of hydrogen-bond donors (Lipinski definition) is 0. The maximum absolute atomic E-state index is 6.09. The summed E-state index contributed by atoms with van der Waals surface area (Å²) in [7, 11) is 4.13. The van der Waals surface area contributed by atoms with Gasteiger partial charge in [-0.1, -0.05) is 35.9 Å². The maximum Gasteiger partial charge on any atom is 0.240 e. The number of aromatic nitrogens is 2. The first kappa shape index (κ1) is 16.8. The van der Waals surface area contributed by atoms with E-state index >= 15 is 0 Å². The molecule has 0 fully saturated rings. The SMILES string of the molecule is CN(C)CCCOc1nn(Cc2cccc(Cl)c2)c2ccccc12. The Labute approximate surface area is 147 Å². The van der Waals surface area contributed by atoms with Crippen molar-refractivity contribution in [3.8, 4) is 5.88 Å². The van der Waals surface area contributed by atoms with Gasteiger partial charge in [-0.05, 0) is 50.3 Å². The molecule has 0 aliphatic rings. The smallest absolute Gasteiger partial charge is 0.240 e. The molecule has 1 aromatic heterocycles. The van der Waals surface area contributed by atoms with Crippen molar-refractivity contribution in [3.05, 3.63) is 59.1 Å². The Morgan fingerprint density at radius 2 is 1.96 bits per heavy atom. The first-order valence-corrected chi connectivity index (χ1v) is 8.49. The molecule has 3 aromatic rings. The van der Waals surface area contributed by atoms with Crippen molar-refractivity contribution in [2.45, 2.75) is 13.0 Å². The van der Waals surface area contributed by atoms with Gasteiger partial charge in [0.1, 0.15) is 0 Å². The van der Waals surface area contributed by atoms with Crippen LogP contribution in [0.4, 0.5) is 0 Å². The highest BCUT2D eigenvalue weighted by Gasteiger charge is 2.11. The molecule has 0 amide bonds. The van der Waals surface area contributed by atoms with Crippen LogP contribution in [-0.4, -0.2) is 41.9 Å². The van der Waals surface area contributed by atoms with E-state index in [0.717, 1.165) is 34.5 Å². The number of hydrogen-bond acceptors (Lipinski definition) is 3. The quantitative estimate of drug-likeness (QED) is 0.606. The minimum Gasteiger partial charge on any atom is -0.476 e. The molecule has 0 N–H and O–H groups in total. The highest BCUT2D eigenvalue weighted by Crippen LogP contribution is 2.26. The monoisotopic (exact) mass is 343 g/mol. The van der Waals surface area contributed by atoms with Crippen LogP contribution in [0.2, 0.25) is 5.02 Å². The molecule has 0 saturated carbocycles. The van der Waals surface area contributed by atoms with Crippen LogP contribution in [0.5, 0.6) is 5.88 Å². The molecule has 0 spiro atoms. The number of para-hydroxylation sites is 1. The van der Waals surface area contributed by atoms with Gasteiger partial charge in [-0.15, -0.1) is 5.10 Å². The highest BCUT2D eigenvalue weighted by atomic mass is 35.5. The molecule has 0 atom stereocenters. The van der Waals surface area contributed by atoms with Gasteiger partial charge in [0, 0.05) is 11.6 Å². The largest absolute Gasteiger partial charge is 0.476 e. The fourth-order valence-corrected chi connectivity index (χ4v) is 2.89. The topological polar surface area (TPSA) is 30.3 Å². The van der Waals surface area contributed by atoms with Gasteiger partial charge in [0.05, 0.1) is 24.1 Å². The van der Waals surface area contributed by atoms with Gasteiger partial charge in [-0.3, -0.25) is 4.68 Å². The first-order valence-electron chi connectivity index (χ1n) is 8.11. The molecule has 0 radical (unpaired) electrons. The summed E-state index contributed by atoms with van der Waals surface area (Å²) in [5.74, 6) is 0.700. The molecule has 2 aromatic carbocycles. The molecule has 0 unspecified atom stereocenters. The lowest BCUT2D eigenvalue weighted by molar-refractivity contribution is 0.273. The molecular weight excluding hydrogens is 322 g/mol. The van der Waals surface area contributed by atoms with Crippen LogP contribution in [0.15, 0.2) is 48.5 Å². The van der Waals surface area contributed by atoms with Crippen LogP contribution in [-0.2, 0) is 6.54 Å². The summed E-state index contributed by atoms with van der Waals surface area (Å²) in [6.45, 7) is 2.33. The van der Waals surface area contributed by atoms with Gasteiger partial charge >= 0.3 is 0 Å². The molecule has 0 aliphatic carbocycles. The predicted molar refractivity (Wildman–Crippen MR) is 99.0 cm³/mol. The molecule has 0 bridgehead atoms. The van der Waals surface area contributed by atoms with Crippen molar-refractivity contribution in [1.29, 1.82) is 0 Å².